The molecule has 2 fully saturated rings. The number of carboxylic acids is 2. The van der Waals surface area contributed by atoms with Crippen LogP contribution in [-0.2, 0) is 19.2 Å². The van der Waals surface area contributed by atoms with Crippen molar-refractivity contribution in [1.29, 1.82) is 0 Å². The van der Waals surface area contributed by atoms with Crippen LogP contribution in [0.15, 0.2) is 16.8 Å². The van der Waals surface area contributed by atoms with E-state index in [2.05, 4.69) is 5.32 Å². The van der Waals surface area contributed by atoms with E-state index in [-0.39, 0.29) is 64.7 Å². The molecule has 3 rings (SSSR count). The van der Waals surface area contributed by atoms with Crippen molar-refractivity contribution in [3.8, 4) is 0 Å². The molecular formula is C15H14N2Na2O6S2. The molecule has 1 unspecified atom stereocenters. The number of fused-ring (bicyclic) bond motifs is 1. The SMILES string of the molecule is CC1(C)S[C@@H]2[C@H](NC(=O)C(C(=O)[O-])c3ccsc3)C(=O)N2[C@@H]1C(=O)[O-].[Na+].[Na+]. The van der Waals surface area contributed by atoms with E-state index in [4.69, 9.17) is 0 Å². The average Bonchev–Trinajstić information content (AvgIpc) is 3.09. The van der Waals surface area contributed by atoms with Gasteiger partial charge in [-0.3, -0.25) is 9.59 Å². The van der Waals surface area contributed by atoms with Crippen LogP contribution in [-0.4, -0.2) is 50.9 Å². The standard InChI is InChI=1S/C15H16N2O6S2.2Na/c1-15(2)9(14(22)23)17-11(19)8(12(17)25-15)16-10(18)7(13(20)21)6-3-4-24-5-6;;/h3-5,7-9,12H,1-2H3,(H,16,18)(H,20,21)(H,22,23);;/q;2*+1/p-2/t7?,8-,9-,12-;;/m1../s1. The molecule has 2 aliphatic heterocycles. The van der Waals surface area contributed by atoms with Gasteiger partial charge in [-0.15, -0.1) is 11.8 Å². The zero-order chi connectivity index (χ0) is 18.5. The summed E-state index contributed by atoms with van der Waals surface area (Å²) in [6.07, 6.45) is 0. The smallest absolute Gasteiger partial charge is 0.549 e. The molecular weight excluding hydrogens is 414 g/mol. The number of β-lactam (4-membered cyclic amide) rings is 1. The Balaban J connectivity index is 0.00000182. The predicted octanol–water partition coefficient (Wildman–Crippen LogP) is -8.11. The van der Waals surface area contributed by atoms with Crippen LogP contribution in [0.25, 0.3) is 0 Å². The van der Waals surface area contributed by atoms with E-state index < -0.39 is 51.9 Å². The molecule has 2 amide bonds. The minimum absolute atomic E-state index is 0. The first-order valence-electron chi connectivity index (χ1n) is 7.39. The fraction of sp³-hybridized carbons (Fsp3) is 0.467. The normalized spacial score (nSPS) is 25.9. The topological polar surface area (TPSA) is 130 Å². The van der Waals surface area contributed by atoms with Crippen molar-refractivity contribution in [3.05, 3.63) is 22.4 Å². The van der Waals surface area contributed by atoms with Crippen molar-refractivity contribution in [3.63, 3.8) is 0 Å². The van der Waals surface area contributed by atoms with Gasteiger partial charge >= 0.3 is 59.1 Å². The van der Waals surface area contributed by atoms with Crippen molar-refractivity contribution in [2.24, 2.45) is 0 Å². The van der Waals surface area contributed by atoms with Crippen molar-refractivity contribution in [2.75, 3.05) is 0 Å². The van der Waals surface area contributed by atoms with E-state index in [0.29, 0.717) is 0 Å². The second-order valence-corrected chi connectivity index (χ2v) is 8.92. The van der Waals surface area contributed by atoms with Crippen molar-refractivity contribution in [2.45, 2.75) is 42.0 Å². The third-order valence-corrected chi connectivity index (χ3v) is 6.61. The monoisotopic (exact) mass is 428 g/mol. The second kappa shape index (κ2) is 9.17. The Hall–Kier alpha value is -0.0700. The zero-order valence-electron chi connectivity index (χ0n) is 15.3. The predicted molar refractivity (Wildman–Crippen MR) is 85.1 cm³/mol. The Labute approximate surface area is 208 Å². The van der Waals surface area contributed by atoms with E-state index in [1.54, 1.807) is 19.2 Å². The molecule has 0 bridgehead atoms. The van der Waals surface area contributed by atoms with Gasteiger partial charge in [0.15, 0.2) is 0 Å². The molecule has 27 heavy (non-hydrogen) atoms. The number of aliphatic carboxylic acids is 2. The summed E-state index contributed by atoms with van der Waals surface area (Å²) in [4.78, 5) is 48.5. The number of thioether (sulfide) groups is 1. The van der Waals surface area contributed by atoms with Crippen LogP contribution in [0.1, 0.15) is 25.3 Å². The van der Waals surface area contributed by atoms with E-state index in [0.717, 1.165) is 0 Å². The number of amides is 2. The molecule has 3 heterocycles. The molecule has 2 saturated heterocycles. The number of carbonyl (C=O) groups excluding carboxylic acids is 4. The molecule has 0 spiro atoms. The molecule has 8 nitrogen and oxygen atoms in total. The van der Waals surface area contributed by atoms with Crippen LogP contribution in [0.4, 0.5) is 0 Å². The Morgan fingerprint density at radius 2 is 1.89 bits per heavy atom. The van der Waals surface area contributed by atoms with E-state index in [9.17, 15) is 29.4 Å². The van der Waals surface area contributed by atoms with Crippen molar-refractivity contribution >= 4 is 46.9 Å². The Kier molecular flexibility index (Phi) is 8.48. The van der Waals surface area contributed by atoms with E-state index in [1.807, 2.05) is 0 Å². The van der Waals surface area contributed by atoms with E-state index >= 15 is 0 Å². The molecule has 1 aromatic heterocycles. The molecule has 0 aromatic carbocycles. The summed E-state index contributed by atoms with van der Waals surface area (Å²) in [5.41, 5.74) is 0.276. The van der Waals surface area contributed by atoms with Crippen molar-refractivity contribution < 1.29 is 88.5 Å². The summed E-state index contributed by atoms with van der Waals surface area (Å²) in [5, 5.41) is 27.7. The largest absolute Gasteiger partial charge is 1.00 e. The first kappa shape index (κ1) is 25.0. The summed E-state index contributed by atoms with van der Waals surface area (Å²) in [7, 11) is 0. The van der Waals surface area contributed by atoms with Gasteiger partial charge in [0, 0.05) is 4.75 Å². The fourth-order valence-corrected chi connectivity index (χ4v) is 5.50. The average molecular weight is 428 g/mol. The second-order valence-electron chi connectivity index (χ2n) is 6.37. The third-order valence-electron chi connectivity index (χ3n) is 4.34. The quantitative estimate of drug-likeness (QED) is 0.280. The number of hydrogen-bond acceptors (Lipinski definition) is 8. The van der Waals surface area contributed by atoms with Crippen molar-refractivity contribution in [1.82, 2.24) is 10.2 Å². The third kappa shape index (κ3) is 4.42. The van der Waals surface area contributed by atoms with Crippen LogP contribution >= 0.6 is 23.1 Å². The summed E-state index contributed by atoms with van der Waals surface area (Å²) in [6, 6.07) is -0.572. The number of nitrogens with zero attached hydrogens (tertiary/aromatic N) is 1. The van der Waals surface area contributed by atoms with Crippen LogP contribution < -0.4 is 74.6 Å². The molecule has 0 radical (unpaired) electrons. The van der Waals surface area contributed by atoms with Crippen LogP contribution in [0.2, 0.25) is 0 Å². The number of carboxylic acid groups (broad SMARTS) is 2. The summed E-state index contributed by atoms with van der Waals surface area (Å²) in [6.45, 7) is 3.36. The van der Waals surface area contributed by atoms with E-state index in [1.165, 1.54) is 39.4 Å². The molecule has 12 heteroatoms. The Morgan fingerprint density at radius 1 is 1.26 bits per heavy atom. The summed E-state index contributed by atoms with van der Waals surface area (Å²) >= 11 is 2.47. The maximum atomic E-state index is 12.4. The van der Waals surface area contributed by atoms with Gasteiger partial charge in [-0.25, -0.2) is 0 Å². The zero-order valence-corrected chi connectivity index (χ0v) is 20.9. The van der Waals surface area contributed by atoms with Gasteiger partial charge in [0.05, 0.1) is 18.0 Å². The minimum Gasteiger partial charge on any atom is -0.549 e. The molecule has 0 aliphatic carbocycles. The molecule has 134 valence electrons. The van der Waals surface area contributed by atoms with Gasteiger partial charge in [-0.1, -0.05) is 0 Å². The maximum absolute atomic E-state index is 12.4. The van der Waals surface area contributed by atoms with Gasteiger partial charge in [0.1, 0.15) is 17.3 Å². The van der Waals surface area contributed by atoms with Gasteiger partial charge in [-0.2, -0.15) is 11.3 Å². The molecule has 4 atom stereocenters. The Bertz CT molecular complexity index is 757. The van der Waals surface area contributed by atoms with Crippen LogP contribution in [0.3, 0.4) is 0 Å². The van der Waals surface area contributed by atoms with Gasteiger partial charge in [0.2, 0.25) is 11.8 Å². The Morgan fingerprint density at radius 3 is 2.37 bits per heavy atom. The van der Waals surface area contributed by atoms with Gasteiger partial charge in [-0.05, 0) is 36.2 Å². The number of hydrogen-bond donors (Lipinski definition) is 1. The number of rotatable bonds is 5. The van der Waals surface area contributed by atoms with Gasteiger partial charge in [0.25, 0.3) is 0 Å². The van der Waals surface area contributed by atoms with Crippen LogP contribution in [0.5, 0.6) is 0 Å². The molecule has 2 aliphatic rings. The van der Waals surface area contributed by atoms with Crippen LogP contribution in [0, 0.1) is 0 Å². The molecule has 0 saturated carbocycles. The maximum Gasteiger partial charge on any atom is 1.00 e. The number of thiophene rings is 1. The van der Waals surface area contributed by atoms with Gasteiger partial charge < -0.3 is 30.0 Å². The molecule has 1 N–H and O–H groups in total. The minimum atomic E-state index is -1.56. The summed E-state index contributed by atoms with van der Waals surface area (Å²) < 4.78 is -0.778. The first-order chi connectivity index (χ1) is 11.6. The molecule has 1 aromatic rings. The number of carbonyl (C=O) groups is 4. The first-order valence-corrected chi connectivity index (χ1v) is 9.21. The fourth-order valence-electron chi connectivity index (χ4n) is 3.20. The number of nitrogens with one attached hydrogen (secondary N) is 1. The summed E-state index contributed by atoms with van der Waals surface area (Å²) in [5.74, 6) is -5.86.